The number of nitrogens with one attached hydrogen (secondary N) is 1. The van der Waals surface area contributed by atoms with Crippen LogP contribution in [0.1, 0.15) is 45.2 Å². The normalized spacial score (nSPS) is 16.5. The fourth-order valence-corrected chi connectivity index (χ4v) is 3.66. The van der Waals surface area contributed by atoms with Gasteiger partial charge in [0.2, 0.25) is 0 Å². The van der Waals surface area contributed by atoms with Gasteiger partial charge in [-0.3, -0.25) is 9.59 Å². The van der Waals surface area contributed by atoms with Crippen molar-refractivity contribution in [1.29, 1.82) is 0 Å². The maximum atomic E-state index is 13.0. The lowest BCUT2D eigenvalue weighted by atomic mass is 10.1. The lowest BCUT2D eigenvalue weighted by Gasteiger charge is -2.27. The Balaban J connectivity index is 1.54. The van der Waals surface area contributed by atoms with E-state index < -0.39 is 0 Å². The number of morpholine rings is 1. The van der Waals surface area contributed by atoms with E-state index in [1.165, 1.54) is 12.1 Å². The number of rotatable bonds is 4. The number of ether oxygens (including phenoxy) is 1. The minimum atomic E-state index is -0.315. The lowest BCUT2D eigenvalue weighted by molar-refractivity contribution is 0.0291. The summed E-state index contributed by atoms with van der Waals surface area (Å²) in [6.07, 6.45) is 2.65. The summed E-state index contributed by atoms with van der Waals surface area (Å²) in [5.74, 6) is -0.437. The highest BCUT2D eigenvalue weighted by atomic mass is 19.1. The summed E-state index contributed by atoms with van der Waals surface area (Å²) < 4.78 is 20.2. The molecule has 2 aliphatic rings. The monoisotopic (exact) mass is 386 g/mol. The summed E-state index contributed by atoms with van der Waals surface area (Å²) in [6.45, 7) is 3.08. The standard InChI is InChI=1S/C20H23FN4O3/c21-15-6-4-14(5-7-15)13-22-19(26)17-16-3-1-2-8-25(16)18(23-17)20(27)24-9-11-28-12-10-24/h4-7H,1-3,8-13H2,(H,22,26). The second-order valence-corrected chi connectivity index (χ2v) is 7.05. The van der Waals surface area contributed by atoms with E-state index in [0.29, 0.717) is 44.4 Å². The van der Waals surface area contributed by atoms with Gasteiger partial charge in [0, 0.05) is 26.2 Å². The zero-order chi connectivity index (χ0) is 19.5. The first-order chi connectivity index (χ1) is 13.6. The average molecular weight is 386 g/mol. The quantitative estimate of drug-likeness (QED) is 0.869. The molecular weight excluding hydrogens is 363 g/mol. The van der Waals surface area contributed by atoms with Gasteiger partial charge in [-0.2, -0.15) is 0 Å². The van der Waals surface area contributed by atoms with Crippen molar-refractivity contribution in [3.05, 3.63) is 52.9 Å². The maximum Gasteiger partial charge on any atom is 0.290 e. The minimum Gasteiger partial charge on any atom is -0.378 e. The first-order valence-electron chi connectivity index (χ1n) is 9.62. The summed E-state index contributed by atoms with van der Waals surface area (Å²) in [4.78, 5) is 31.9. The van der Waals surface area contributed by atoms with Crippen LogP contribution in [-0.4, -0.2) is 52.6 Å². The zero-order valence-electron chi connectivity index (χ0n) is 15.6. The molecule has 1 aromatic heterocycles. The highest BCUT2D eigenvalue weighted by Gasteiger charge is 2.30. The van der Waals surface area contributed by atoms with Gasteiger partial charge in [-0.25, -0.2) is 9.37 Å². The fourth-order valence-electron chi connectivity index (χ4n) is 3.66. The third kappa shape index (κ3) is 3.77. The Labute approximate surface area is 162 Å². The number of hydrogen-bond donors (Lipinski definition) is 1. The highest BCUT2D eigenvalue weighted by Crippen LogP contribution is 2.22. The SMILES string of the molecule is O=C(NCc1ccc(F)cc1)c1nc(C(=O)N2CCOCC2)n2c1CCCC2. The van der Waals surface area contributed by atoms with Crippen LogP contribution in [0, 0.1) is 5.82 Å². The molecule has 3 heterocycles. The molecule has 0 atom stereocenters. The molecule has 1 saturated heterocycles. The molecule has 1 aromatic carbocycles. The molecule has 0 bridgehead atoms. The molecule has 0 radical (unpaired) electrons. The van der Waals surface area contributed by atoms with Crippen molar-refractivity contribution in [3.63, 3.8) is 0 Å². The molecule has 8 heteroatoms. The van der Waals surface area contributed by atoms with E-state index in [-0.39, 0.29) is 24.2 Å². The number of carbonyl (C=O) groups excluding carboxylic acids is 2. The van der Waals surface area contributed by atoms with E-state index in [4.69, 9.17) is 4.74 Å². The summed E-state index contributed by atoms with van der Waals surface area (Å²) in [5.41, 5.74) is 1.94. The van der Waals surface area contributed by atoms with Gasteiger partial charge in [-0.1, -0.05) is 12.1 Å². The number of nitrogens with zero attached hydrogens (tertiary/aromatic N) is 3. The van der Waals surface area contributed by atoms with Crippen molar-refractivity contribution >= 4 is 11.8 Å². The van der Waals surface area contributed by atoms with Gasteiger partial charge < -0.3 is 19.5 Å². The molecule has 0 unspecified atom stereocenters. The fraction of sp³-hybridized carbons (Fsp3) is 0.450. The largest absolute Gasteiger partial charge is 0.378 e. The van der Waals surface area contributed by atoms with Crippen molar-refractivity contribution in [2.75, 3.05) is 26.3 Å². The van der Waals surface area contributed by atoms with Crippen LogP contribution in [-0.2, 0) is 24.2 Å². The van der Waals surface area contributed by atoms with Gasteiger partial charge >= 0.3 is 0 Å². The molecule has 2 aliphatic heterocycles. The molecule has 2 amide bonds. The Morgan fingerprint density at radius 3 is 2.61 bits per heavy atom. The first-order valence-corrected chi connectivity index (χ1v) is 9.62. The Bertz CT molecular complexity index is 872. The second kappa shape index (κ2) is 8.10. The molecule has 0 spiro atoms. The van der Waals surface area contributed by atoms with Crippen LogP contribution in [0.2, 0.25) is 0 Å². The van der Waals surface area contributed by atoms with Gasteiger partial charge in [-0.15, -0.1) is 0 Å². The van der Waals surface area contributed by atoms with Gasteiger partial charge in [0.1, 0.15) is 11.5 Å². The van der Waals surface area contributed by atoms with E-state index in [1.807, 2.05) is 4.57 Å². The number of hydrogen-bond acceptors (Lipinski definition) is 4. The predicted molar refractivity (Wildman–Crippen MR) is 99.5 cm³/mol. The Hall–Kier alpha value is -2.74. The van der Waals surface area contributed by atoms with Crippen LogP contribution >= 0.6 is 0 Å². The predicted octanol–water partition coefficient (Wildman–Crippen LogP) is 1.76. The molecule has 1 fully saturated rings. The minimum absolute atomic E-state index is 0.149. The van der Waals surface area contributed by atoms with E-state index in [2.05, 4.69) is 10.3 Å². The molecule has 148 valence electrons. The van der Waals surface area contributed by atoms with Crippen LogP contribution in [0.25, 0.3) is 0 Å². The number of carbonyl (C=O) groups is 2. The number of amides is 2. The molecule has 0 aliphatic carbocycles. The van der Waals surface area contributed by atoms with Crippen molar-refractivity contribution in [1.82, 2.24) is 19.8 Å². The van der Waals surface area contributed by atoms with E-state index in [0.717, 1.165) is 30.5 Å². The van der Waals surface area contributed by atoms with Crippen LogP contribution in [0.5, 0.6) is 0 Å². The second-order valence-electron chi connectivity index (χ2n) is 7.05. The molecule has 4 rings (SSSR count). The lowest BCUT2D eigenvalue weighted by Crippen LogP contribution is -2.42. The molecule has 2 aromatic rings. The number of fused-ring (bicyclic) bond motifs is 1. The highest BCUT2D eigenvalue weighted by molar-refractivity contribution is 5.97. The smallest absolute Gasteiger partial charge is 0.290 e. The van der Waals surface area contributed by atoms with Crippen molar-refractivity contribution < 1.29 is 18.7 Å². The van der Waals surface area contributed by atoms with Crippen LogP contribution in [0.4, 0.5) is 4.39 Å². The maximum absolute atomic E-state index is 13.0. The van der Waals surface area contributed by atoms with Crippen molar-refractivity contribution in [3.8, 4) is 0 Å². The van der Waals surface area contributed by atoms with Crippen LogP contribution in [0.15, 0.2) is 24.3 Å². The molecule has 1 N–H and O–H groups in total. The topological polar surface area (TPSA) is 76.5 Å². The summed E-state index contributed by atoms with van der Waals surface area (Å²) >= 11 is 0. The molecular formula is C20H23FN4O3. The van der Waals surface area contributed by atoms with Gasteiger partial charge in [-0.05, 0) is 37.0 Å². The number of imidazole rings is 1. The third-order valence-corrected chi connectivity index (χ3v) is 5.19. The number of benzene rings is 1. The summed E-state index contributed by atoms with van der Waals surface area (Å²) in [6, 6.07) is 5.98. The first kappa shape index (κ1) is 18.6. The summed E-state index contributed by atoms with van der Waals surface area (Å²) in [5, 5.41) is 2.83. The zero-order valence-corrected chi connectivity index (χ0v) is 15.6. The van der Waals surface area contributed by atoms with Crippen molar-refractivity contribution in [2.45, 2.75) is 32.4 Å². The third-order valence-electron chi connectivity index (χ3n) is 5.19. The van der Waals surface area contributed by atoms with Crippen LogP contribution in [0.3, 0.4) is 0 Å². The van der Waals surface area contributed by atoms with Crippen LogP contribution < -0.4 is 5.32 Å². The Morgan fingerprint density at radius 2 is 1.86 bits per heavy atom. The number of aromatic nitrogens is 2. The number of halogens is 1. The van der Waals surface area contributed by atoms with E-state index in [9.17, 15) is 14.0 Å². The Kier molecular flexibility index (Phi) is 5.38. The molecule has 7 nitrogen and oxygen atoms in total. The summed E-state index contributed by atoms with van der Waals surface area (Å²) in [7, 11) is 0. The van der Waals surface area contributed by atoms with Crippen molar-refractivity contribution in [2.24, 2.45) is 0 Å². The van der Waals surface area contributed by atoms with E-state index >= 15 is 0 Å². The van der Waals surface area contributed by atoms with Gasteiger partial charge in [0.05, 0.1) is 18.9 Å². The Morgan fingerprint density at radius 1 is 1.11 bits per heavy atom. The van der Waals surface area contributed by atoms with Gasteiger partial charge in [0.15, 0.2) is 5.82 Å². The molecule has 0 saturated carbocycles. The van der Waals surface area contributed by atoms with E-state index in [1.54, 1.807) is 17.0 Å². The van der Waals surface area contributed by atoms with Gasteiger partial charge in [0.25, 0.3) is 11.8 Å². The average Bonchev–Trinajstić information content (AvgIpc) is 3.13. The molecule has 28 heavy (non-hydrogen) atoms.